The number of hydrogen-bond donors (Lipinski definition) is 1. The highest BCUT2D eigenvalue weighted by Gasteiger charge is 2.14. The first-order chi connectivity index (χ1) is 9.93. The first-order valence-corrected chi connectivity index (χ1v) is 5.90. The summed E-state index contributed by atoms with van der Waals surface area (Å²) in [5.41, 5.74) is -0.691. The van der Waals surface area contributed by atoms with Crippen molar-refractivity contribution in [2.24, 2.45) is 0 Å². The largest absolute Gasteiger partial charge is 0.328 e. The van der Waals surface area contributed by atoms with Crippen molar-refractivity contribution >= 4 is 5.69 Å². The fraction of sp³-hybridized carbons (Fsp3) is 0.154. The molecule has 0 fully saturated rings. The minimum absolute atomic E-state index is 0.0256. The summed E-state index contributed by atoms with van der Waals surface area (Å²) in [6.45, 7) is 1.60. The van der Waals surface area contributed by atoms with Gasteiger partial charge in [0.25, 0.3) is 11.2 Å². The number of benzene rings is 1. The highest BCUT2D eigenvalue weighted by atomic mass is 16.6. The van der Waals surface area contributed by atoms with Gasteiger partial charge in [-0.1, -0.05) is 12.1 Å². The van der Waals surface area contributed by atoms with E-state index >= 15 is 0 Å². The molecule has 106 valence electrons. The van der Waals surface area contributed by atoms with Gasteiger partial charge >= 0.3 is 5.69 Å². The first kappa shape index (κ1) is 14.2. The van der Waals surface area contributed by atoms with E-state index in [1.165, 1.54) is 12.1 Å². The fourth-order valence-electron chi connectivity index (χ4n) is 1.93. The molecule has 0 saturated heterocycles. The number of nitrogens with zero attached hydrogens (tertiary/aromatic N) is 3. The molecule has 1 heterocycles. The molecule has 0 unspecified atom stereocenters. The van der Waals surface area contributed by atoms with Crippen LogP contribution in [0.15, 0.2) is 34.0 Å². The summed E-state index contributed by atoms with van der Waals surface area (Å²) in [5.74, 6) is 0. The molecule has 0 amide bonds. The molecule has 1 aromatic heterocycles. The minimum Gasteiger partial charge on any atom is -0.295 e. The molecule has 1 aromatic carbocycles. The summed E-state index contributed by atoms with van der Waals surface area (Å²) in [4.78, 5) is 35.4. The van der Waals surface area contributed by atoms with Crippen LogP contribution in [0.3, 0.4) is 0 Å². The van der Waals surface area contributed by atoms with Gasteiger partial charge in [0.05, 0.1) is 11.5 Å². The fourth-order valence-corrected chi connectivity index (χ4v) is 1.93. The molecule has 0 aliphatic rings. The second kappa shape index (κ2) is 5.42. The van der Waals surface area contributed by atoms with Crippen LogP contribution < -0.4 is 11.2 Å². The van der Waals surface area contributed by atoms with E-state index in [2.05, 4.69) is 0 Å². The minimum atomic E-state index is -0.755. The van der Waals surface area contributed by atoms with Gasteiger partial charge in [0, 0.05) is 17.8 Å². The molecule has 0 aliphatic heterocycles. The maximum atomic E-state index is 11.7. The lowest BCUT2D eigenvalue weighted by molar-refractivity contribution is -0.385. The number of nitro benzene ring substituents is 1. The third-order valence-electron chi connectivity index (χ3n) is 3.09. The lowest BCUT2D eigenvalue weighted by Crippen LogP contribution is -2.31. The van der Waals surface area contributed by atoms with Crippen molar-refractivity contribution in [3.63, 3.8) is 0 Å². The Morgan fingerprint density at radius 2 is 2.14 bits per heavy atom. The van der Waals surface area contributed by atoms with Crippen LogP contribution in [0.25, 0.3) is 0 Å². The molecule has 0 atom stereocenters. The zero-order valence-electron chi connectivity index (χ0n) is 11.0. The Balaban J connectivity index is 2.52. The van der Waals surface area contributed by atoms with Crippen LogP contribution in [0.2, 0.25) is 0 Å². The molecule has 8 nitrogen and oxygen atoms in total. The molecule has 0 radical (unpaired) electrons. The van der Waals surface area contributed by atoms with Gasteiger partial charge < -0.3 is 0 Å². The second-order valence-electron chi connectivity index (χ2n) is 4.36. The van der Waals surface area contributed by atoms with Gasteiger partial charge in [-0.15, -0.1) is 0 Å². The quantitative estimate of drug-likeness (QED) is 0.656. The third kappa shape index (κ3) is 2.71. The third-order valence-corrected chi connectivity index (χ3v) is 3.09. The number of nitrogens with one attached hydrogen (secondary N) is 1. The van der Waals surface area contributed by atoms with Gasteiger partial charge in [0.2, 0.25) is 0 Å². The lowest BCUT2D eigenvalue weighted by Gasteiger charge is -2.08. The number of nitro groups is 1. The van der Waals surface area contributed by atoms with Crippen LogP contribution in [-0.4, -0.2) is 14.5 Å². The molecular weight excluding hydrogens is 276 g/mol. The van der Waals surface area contributed by atoms with Crippen molar-refractivity contribution in [1.82, 2.24) is 9.55 Å². The molecular formula is C13H10N4O4. The Kier molecular flexibility index (Phi) is 3.67. The summed E-state index contributed by atoms with van der Waals surface area (Å²) in [7, 11) is 0. The number of aromatic nitrogens is 2. The van der Waals surface area contributed by atoms with Crippen molar-refractivity contribution in [3.8, 4) is 6.07 Å². The smallest absolute Gasteiger partial charge is 0.295 e. The van der Waals surface area contributed by atoms with Crippen LogP contribution in [-0.2, 0) is 6.54 Å². The summed E-state index contributed by atoms with van der Waals surface area (Å²) < 4.78 is 1.13. The molecule has 0 spiro atoms. The van der Waals surface area contributed by atoms with Gasteiger partial charge in [0.15, 0.2) is 0 Å². The van der Waals surface area contributed by atoms with Crippen LogP contribution >= 0.6 is 0 Å². The van der Waals surface area contributed by atoms with Gasteiger partial charge in [-0.05, 0) is 12.5 Å². The van der Waals surface area contributed by atoms with Gasteiger partial charge in [-0.25, -0.2) is 4.79 Å². The molecule has 8 heteroatoms. The summed E-state index contributed by atoms with van der Waals surface area (Å²) in [5, 5.41) is 19.7. The molecule has 1 N–H and O–H groups in total. The molecule has 2 aromatic rings. The van der Waals surface area contributed by atoms with Crippen LogP contribution in [0.1, 0.15) is 16.7 Å². The van der Waals surface area contributed by atoms with E-state index in [4.69, 9.17) is 5.26 Å². The van der Waals surface area contributed by atoms with E-state index in [9.17, 15) is 19.7 Å². The Morgan fingerprint density at radius 3 is 2.76 bits per heavy atom. The standard InChI is InChI=1S/C13H10N4O4/c1-8-9(3-2-4-11(8)17(20)21)6-16-7-10(5-14)12(18)15-13(16)19/h2-4,7H,6H2,1H3,(H,15,18,19). The van der Waals surface area contributed by atoms with Crippen molar-refractivity contribution in [2.45, 2.75) is 13.5 Å². The SMILES string of the molecule is Cc1c(Cn2cc(C#N)c(=O)[nH]c2=O)cccc1[N+](=O)[O-]. The summed E-state index contributed by atoms with van der Waals surface area (Å²) in [6, 6.07) is 6.21. The van der Waals surface area contributed by atoms with E-state index in [-0.39, 0.29) is 17.8 Å². The number of nitriles is 1. The number of H-pyrrole nitrogens is 1. The molecule has 0 aliphatic carbocycles. The second-order valence-corrected chi connectivity index (χ2v) is 4.36. The van der Waals surface area contributed by atoms with Crippen LogP contribution in [0, 0.1) is 28.4 Å². The van der Waals surface area contributed by atoms with E-state index < -0.39 is 16.2 Å². The maximum Gasteiger partial charge on any atom is 0.328 e. The Bertz CT molecular complexity index is 873. The van der Waals surface area contributed by atoms with Crippen molar-refractivity contribution in [3.05, 3.63) is 72.0 Å². The Labute approximate surface area is 118 Å². The van der Waals surface area contributed by atoms with Gasteiger partial charge in [-0.3, -0.25) is 24.5 Å². The molecule has 2 rings (SSSR count). The Hall–Kier alpha value is -3.21. The zero-order valence-corrected chi connectivity index (χ0v) is 11.0. The normalized spacial score (nSPS) is 10.1. The van der Waals surface area contributed by atoms with E-state index in [1.54, 1.807) is 19.1 Å². The topological polar surface area (TPSA) is 122 Å². The predicted molar refractivity (Wildman–Crippen MR) is 73.0 cm³/mol. The average molecular weight is 286 g/mol. The first-order valence-electron chi connectivity index (χ1n) is 5.90. The highest BCUT2D eigenvalue weighted by Crippen LogP contribution is 2.21. The van der Waals surface area contributed by atoms with Crippen LogP contribution in [0.4, 0.5) is 5.69 Å². The van der Waals surface area contributed by atoms with E-state index in [0.717, 1.165) is 10.8 Å². The number of rotatable bonds is 3. The lowest BCUT2D eigenvalue weighted by atomic mass is 10.1. The summed E-state index contributed by atoms with van der Waals surface area (Å²) in [6.07, 6.45) is 1.14. The zero-order chi connectivity index (χ0) is 15.6. The molecule has 21 heavy (non-hydrogen) atoms. The van der Waals surface area contributed by atoms with E-state index in [1.807, 2.05) is 4.98 Å². The van der Waals surface area contributed by atoms with Crippen LogP contribution in [0.5, 0.6) is 0 Å². The molecule has 0 saturated carbocycles. The van der Waals surface area contributed by atoms with Crippen molar-refractivity contribution in [1.29, 1.82) is 5.26 Å². The molecule has 0 bridgehead atoms. The highest BCUT2D eigenvalue weighted by molar-refractivity contribution is 5.44. The average Bonchev–Trinajstić information content (AvgIpc) is 2.43. The van der Waals surface area contributed by atoms with Gasteiger partial charge in [0.1, 0.15) is 11.6 Å². The Morgan fingerprint density at radius 1 is 1.43 bits per heavy atom. The monoisotopic (exact) mass is 286 g/mol. The maximum absolute atomic E-state index is 11.7. The van der Waals surface area contributed by atoms with Crippen molar-refractivity contribution < 1.29 is 4.92 Å². The summed E-state index contributed by atoms with van der Waals surface area (Å²) >= 11 is 0. The van der Waals surface area contributed by atoms with Gasteiger partial charge in [-0.2, -0.15) is 5.26 Å². The number of hydrogen-bond acceptors (Lipinski definition) is 5. The predicted octanol–water partition coefficient (Wildman–Crippen LogP) is 0.673. The number of aromatic amines is 1. The van der Waals surface area contributed by atoms with Crippen molar-refractivity contribution in [2.75, 3.05) is 0 Å². The van der Waals surface area contributed by atoms with E-state index in [0.29, 0.717) is 11.1 Å².